The molecule has 1 aromatic carbocycles. The predicted molar refractivity (Wildman–Crippen MR) is 52.8 cm³/mol. The minimum atomic E-state index is -0.431. The van der Waals surface area contributed by atoms with Crippen LogP contribution in [0.15, 0.2) is 40.7 Å². The zero-order valence-electron chi connectivity index (χ0n) is 7.92. The average Bonchev–Trinajstić information content (AvgIpc) is 2.15. The van der Waals surface area contributed by atoms with Crippen LogP contribution in [0.2, 0.25) is 0 Å². The van der Waals surface area contributed by atoms with Crippen LogP contribution in [0.3, 0.4) is 0 Å². The van der Waals surface area contributed by atoms with E-state index in [1.165, 1.54) is 5.01 Å². The van der Waals surface area contributed by atoms with E-state index in [0.717, 1.165) is 5.69 Å². The summed E-state index contributed by atoms with van der Waals surface area (Å²) in [5.74, 6) is -0.431. The third kappa shape index (κ3) is 3.66. The highest BCUT2D eigenvalue weighted by Crippen LogP contribution is 2.10. The highest BCUT2D eigenvalue weighted by Gasteiger charge is 1.97. The van der Waals surface area contributed by atoms with Crippen molar-refractivity contribution in [1.82, 2.24) is 5.01 Å². The van der Waals surface area contributed by atoms with Crippen LogP contribution in [0.1, 0.15) is 0 Å². The van der Waals surface area contributed by atoms with Crippen molar-refractivity contribution in [2.45, 2.75) is 0 Å². The lowest BCUT2D eigenvalue weighted by Gasteiger charge is -2.06. The van der Waals surface area contributed by atoms with Gasteiger partial charge in [0.2, 0.25) is 5.91 Å². The van der Waals surface area contributed by atoms with Crippen LogP contribution < -0.4 is 5.73 Å². The molecule has 0 aliphatic rings. The summed E-state index contributed by atoms with van der Waals surface area (Å²) in [6.45, 7) is 0.0658. The molecule has 5 heteroatoms. The van der Waals surface area contributed by atoms with Crippen LogP contribution in [-0.2, 0) is 4.79 Å². The zero-order valence-corrected chi connectivity index (χ0v) is 7.92. The summed E-state index contributed by atoms with van der Waals surface area (Å²) >= 11 is 0. The average molecular weight is 192 g/mol. The molecular weight excluding hydrogens is 180 g/mol. The fourth-order valence-corrected chi connectivity index (χ4v) is 0.880. The van der Waals surface area contributed by atoms with Crippen molar-refractivity contribution < 1.29 is 4.79 Å². The topological polar surface area (TPSA) is 71.0 Å². The van der Waals surface area contributed by atoms with Gasteiger partial charge < -0.3 is 5.73 Å². The molecule has 0 atom stereocenters. The molecule has 0 saturated heterocycles. The first-order valence-electron chi connectivity index (χ1n) is 4.14. The first kappa shape index (κ1) is 10.2. The fraction of sp³-hybridized carbons (Fsp3) is 0.222. The Balaban J connectivity index is 2.52. The van der Waals surface area contributed by atoms with E-state index in [4.69, 9.17) is 5.73 Å². The van der Waals surface area contributed by atoms with Crippen LogP contribution in [0.5, 0.6) is 0 Å². The number of carbonyl (C=O) groups is 1. The van der Waals surface area contributed by atoms with Crippen molar-refractivity contribution in [3.8, 4) is 0 Å². The molecule has 1 amide bonds. The van der Waals surface area contributed by atoms with Gasteiger partial charge in [0, 0.05) is 7.05 Å². The molecule has 0 heterocycles. The Bertz CT molecular complexity index is 323. The molecule has 0 unspecified atom stereocenters. The number of rotatable bonds is 4. The molecule has 74 valence electrons. The Kier molecular flexibility index (Phi) is 3.60. The second-order valence-corrected chi connectivity index (χ2v) is 2.81. The lowest BCUT2D eigenvalue weighted by molar-refractivity contribution is -0.118. The molecule has 14 heavy (non-hydrogen) atoms. The third-order valence-corrected chi connectivity index (χ3v) is 1.45. The van der Waals surface area contributed by atoms with Gasteiger partial charge in [0.25, 0.3) is 0 Å². The molecule has 2 N–H and O–H groups in total. The Morgan fingerprint density at radius 3 is 2.64 bits per heavy atom. The lowest BCUT2D eigenvalue weighted by atomic mass is 10.3. The SMILES string of the molecule is CN(CC(N)=O)N=Nc1ccccc1. The molecule has 1 rings (SSSR count). The van der Waals surface area contributed by atoms with E-state index in [1.807, 2.05) is 30.3 Å². The minimum absolute atomic E-state index is 0.0658. The van der Waals surface area contributed by atoms with E-state index in [0.29, 0.717) is 0 Å². The Labute approximate surface area is 82.2 Å². The van der Waals surface area contributed by atoms with Gasteiger partial charge in [-0.15, -0.1) is 5.11 Å². The van der Waals surface area contributed by atoms with E-state index < -0.39 is 5.91 Å². The molecule has 5 nitrogen and oxygen atoms in total. The highest BCUT2D eigenvalue weighted by molar-refractivity contribution is 5.75. The third-order valence-electron chi connectivity index (χ3n) is 1.45. The maximum absolute atomic E-state index is 10.5. The van der Waals surface area contributed by atoms with Crippen LogP contribution >= 0.6 is 0 Å². The van der Waals surface area contributed by atoms with Gasteiger partial charge in [-0.2, -0.15) is 0 Å². The number of hydrogen-bond donors (Lipinski definition) is 1. The van der Waals surface area contributed by atoms with Gasteiger partial charge in [0.05, 0.1) is 5.69 Å². The molecule has 0 radical (unpaired) electrons. The standard InChI is InChI=1S/C9H12N4O/c1-13(7-9(10)14)12-11-8-5-3-2-4-6-8/h2-6H,7H2,1H3,(H2,10,14). The molecule has 0 fully saturated rings. The van der Waals surface area contributed by atoms with Gasteiger partial charge in [0.15, 0.2) is 0 Å². The molecule has 0 bridgehead atoms. The number of primary amides is 1. The number of nitrogens with zero attached hydrogens (tertiary/aromatic N) is 3. The van der Waals surface area contributed by atoms with Crippen molar-refractivity contribution in [2.75, 3.05) is 13.6 Å². The number of benzene rings is 1. The summed E-state index contributed by atoms with van der Waals surface area (Å²) < 4.78 is 0. The molecular formula is C9H12N4O. The maximum Gasteiger partial charge on any atom is 0.238 e. The van der Waals surface area contributed by atoms with E-state index in [2.05, 4.69) is 10.3 Å². The molecule has 0 aliphatic heterocycles. The Morgan fingerprint density at radius 1 is 1.43 bits per heavy atom. The van der Waals surface area contributed by atoms with Crippen molar-refractivity contribution in [3.05, 3.63) is 30.3 Å². The lowest BCUT2D eigenvalue weighted by Crippen LogP contribution is -2.26. The number of amides is 1. The molecule has 1 aromatic rings. The fourth-order valence-electron chi connectivity index (χ4n) is 0.880. The van der Waals surface area contributed by atoms with E-state index in [9.17, 15) is 4.79 Å². The van der Waals surface area contributed by atoms with Crippen molar-refractivity contribution in [3.63, 3.8) is 0 Å². The summed E-state index contributed by atoms with van der Waals surface area (Å²) in [4.78, 5) is 10.5. The van der Waals surface area contributed by atoms with E-state index in [1.54, 1.807) is 7.05 Å². The second-order valence-electron chi connectivity index (χ2n) is 2.81. The summed E-state index contributed by atoms with van der Waals surface area (Å²) in [6.07, 6.45) is 0. The van der Waals surface area contributed by atoms with Crippen LogP contribution in [-0.4, -0.2) is 24.5 Å². The molecule has 0 saturated carbocycles. The van der Waals surface area contributed by atoms with E-state index >= 15 is 0 Å². The summed E-state index contributed by atoms with van der Waals surface area (Å²) in [7, 11) is 1.64. The maximum atomic E-state index is 10.5. The Hall–Kier alpha value is -1.91. The number of hydrogen-bond acceptors (Lipinski definition) is 3. The number of nitrogens with two attached hydrogens (primary N) is 1. The largest absolute Gasteiger partial charge is 0.368 e. The first-order chi connectivity index (χ1) is 6.68. The quantitative estimate of drug-likeness (QED) is 0.573. The van der Waals surface area contributed by atoms with E-state index in [-0.39, 0.29) is 6.54 Å². The van der Waals surface area contributed by atoms with Crippen molar-refractivity contribution in [2.24, 2.45) is 16.1 Å². The van der Waals surface area contributed by atoms with Crippen molar-refractivity contribution >= 4 is 11.6 Å². The highest BCUT2D eigenvalue weighted by atomic mass is 16.1. The van der Waals surface area contributed by atoms with Crippen LogP contribution in [0.4, 0.5) is 5.69 Å². The van der Waals surface area contributed by atoms with Gasteiger partial charge in [0.1, 0.15) is 6.54 Å². The van der Waals surface area contributed by atoms with Crippen LogP contribution in [0.25, 0.3) is 0 Å². The first-order valence-corrected chi connectivity index (χ1v) is 4.14. The number of carbonyl (C=O) groups excluding carboxylic acids is 1. The normalized spacial score (nSPS) is 10.4. The summed E-state index contributed by atoms with van der Waals surface area (Å²) in [5, 5.41) is 9.08. The molecule has 0 spiro atoms. The van der Waals surface area contributed by atoms with Gasteiger partial charge in [-0.25, -0.2) is 0 Å². The monoisotopic (exact) mass is 192 g/mol. The van der Waals surface area contributed by atoms with Gasteiger partial charge in [-0.1, -0.05) is 23.4 Å². The summed E-state index contributed by atoms with van der Waals surface area (Å²) in [6, 6.07) is 9.26. The number of likely N-dealkylation sites (N-methyl/N-ethyl adjacent to an activating group) is 1. The Morgan fingerprint density at radius 2 is 2.07 bits per heavy atom. The van der Waals surface area contributed by atoms with Crippen molar-refractivity contribution in [1.29, 1.82) is 0 Å². The zero-order chi connectivity index (χ0) is 10.4. The smallest absolute Gasteiger partial charge is 0.238 e. The summed E-state index contributed by atoms with van der Waals surface area (Å²) in [5.41, 5.74) is 5.72. The van der Waals surface area contributed by atoms with Gasteiger partial charge >= 0.3 is 0 Å². The van der Waals surface area contributed by atoms with Crippen LogP contribution in [0, 0.1) is 0 Å². The van der Waals surface area contributed by atoms with Gasteiger partial charge in [-0.05, 0) is 12.1 Å². The second kappa shape index (κ2) is 4.96. The molecule has 0 aliphatic carbocycles. The molecule has 0 aromatic heterocycles. The minimum Gasteiger partial charge on any atom is -0.368 e. The predicted octanol–water partition coefficient (Wildman–Crippen LogP) is 1.10. The van der Waals surface area contributed by atoms with Gasteiger partial charge in [-0.3, -0.25) is 9.80 Å².